The van der Waals surface area contributed by atoms with Gasteiger partial charge in [-0.15, -0.1) is 0 Å². The van der Waals surface area contributed by atoms with Gasteiger partial charge in [-0.3, -0.25) is 10.1 Å². The van der Waals surface area contributed by atoms with E-state index in [4.69, 9.17) is 15.2 Å². The Morgan fingerprint density at radius 1 is 1.28 bits per heavy atom. The van der Waals surface area contributed by atoms with E-state index in [1.807, 2.05) is 0 Å². The molecule has 3 amide bonds. The standard InChI is InChI=1S/C21H28FN5O4S/c1-30-15-6-7-16(22)14(12-15)13-31-19-17(18(23)28)20(32-26-19)25-21(29)24-8-2-3-9-27-10-4-5-11-27/h6-7,12H,2-5,8-11,13H2,1H3,(H2,23,28)(H2,24,25,29). The van der Waals surface area contributed by atoms with E-state index < -0.39 is 17.8 Å². The zero-order valence-corrected chi connectivity index (χ0v) is 18.8. The number of rotatable bonds is 11. The van der Waals surface area contributed by atoms with Crippen LogP contribution in [-0.4, -0.2) is 54.5 Å². The molecule has 0 atom stereocenters. The fourth-order valence-corrected chi connectivity index (χ4v) is 4.16. The molecular weight excluding hydrogens is 437 g/mol. The second kappa shape index (κ2) is 11.6. The molecule has 1 aliphatic rings. The predicted octanol–water partition coefficient (Wildman–Crippen LogP) is 2.97. The number of primary amides is 1. The molecule has 32 heavy (non-hydrogen) atoms. The summed E-state index contributed by atoms with van der Waals surface area (Å²) in [4.78, 5) is 26.6. The van der Waals surface area contributed by atoms with Crippen molar-refractivity contribution in [2.24, 2.45) is 5.73 Å². The van der Waals surface area contributed by atoms with E-state index in [1.54, 1.807) is 0 Å². The van der Waals surface area contributed by atoms with E-state index in [2.05, 4.69) is 19.9 Å². The highest BCUT2D eigenvalue weighted by molar-refractivity contribution is 7.11. The number of amides is 3. The highest BCUT2D eigenvalue weighted by Crippen LogP contribution is 2.31. The molecule has 0 saturated carbocycles. The van der Waals surface area contributed by atoms with Gasteiger partial charge in [0.1, 0.15) is 28.7 Å². The quantitative estimate of drug-likeness (QED) is 0.439. The molecule has 2 heterocycles. The van der Waals surface area contributed by atoms with Gasteiger partial charge in [-0.1, -0.05) is 0 Å². The number of ether oxygens (including phenoxy) is 2. The van der Waals surface area contributed by atoms with Crippen LogP contribution in [0.3, 0.4) is 0 Å². The average molecular weight is 466 g/mol. The number of nitrogens with one attached hydrogen (secondary N) is 2. The van der Waals surface area contributed by atoms with Gasteiger partial charge >= 0.3 is 6.03 Å². The molecule has 3 rings (SSSR count). The number of aromatic nitrogens is 1. The van der Waals surface area contributed by atoms with Gasteiger partial charge in [-0.2, -0.15) is 4.37 Å². The third-order valence-electron chi connectivity index (χ3n) is 5.14. The lowest BCUT2D eigenvalue weighted by atomic mass is 10.2. The lowest BCUT2D eigenvalue weighted by molar-refractivity contribution is 0.0996. The first-order chi connectivity index (χ1) is 15.5. The van der Waals surface area contributed by atoms with Crippen LogP contribution in [0.5, 0.6) is 11.6 Å². The van der Waals surface area contributed by atoms with Gasteiger partial charge < -0.3 is 25.4 Å². The topological polar surface area (TPSA) is 119 Å². The van der Waals surface area contributed by atoms with Crippen LogP contribution in [0.4, 0.5) is 14.2 Å². The molecule has 1 saturated heterocycles. The summed E-state index contributed by atoms with van der Waals surface area (Å²) < 4.78 is 28.6. The first-order valence-electron chi connectivity index (χ1n) is 10.5. The van der Waals surface area contributed by atoms with Crippen LogP contribution < -0.4 is 25.8 Å². The minimum absolute atomic E-state index is 0.0533. The van der Waals surface area contributed by atoms with Gasteiger partial charge in [0, 0.05) is 12.1 Å². The third kappa shape index (κ3) is 6.54. The molecule has 1 aromatic heterocycles. The van der Waals surface area contributed by atoms with Crippen LogP contribution in [0.2, 0.25) is 0 Å². The van der Waals surface area contributed by atoms with Gasteiger partial charge in [0.2, 0.25) is 5.88 Å². The average Bonchev–Trinajstić information content (AvgIpc) is 3.43. The maximum absolute atomic E-state index is 14.0. The molecule has 1 aliphatic heterocycles. The number of nitrogens with two attached hydrogens (primary N) is 1. The highest BCUT2D eigenvalue weighted by Gasteiger charge is 2.22. The molecule has 1 aromatic carbocycles. The van der Waals surface area contributed by atoms with Crippen molar-refractivity contribution in [1.82, 2.24) is 14.6 Å². The third-order valence-corrected chi connectivity index (χ3v) is 5.88. The van der Waals surface area contributed by atoms with Crippen LogP contribution in [0.1, 0.15) is 41.6 Å². The molecule has 0 aliphatic carbocycles. The largest absolute Gasteiger partial charge is 0.497 e. The summed E-state index contributed by atoms with van der Waals surface area (Å²) in [6, 6.07) is 3.78. The normalized spacial score (nSPS) is 13.7. The molecule has 0 bridgehead atoms. The summed E-state index contributed by atoms with van der Waals surface area (Å²) in [5.41, 5.74) is 5.63. The lowest BCUT2D eigenvalue weighted by Gasteiger charge is -2.14. The molecule has 0 radical (unpaired) electrons. The van der Waals surface area contributed by atoms with Crippen LogP contribution in [-0.2, 0) is 6.61 Å². The van der Waals surface area contributed by atoms with Crippen LogP contribution in [0.15, 0.2) is 18.2 Å². The predicted molar refractivity (Wildman–Crippen MR) is 120 cm³/mol. The Kier molecular flexibility index (Phi) is 8.63. The summed E-state index contributed by atoms with van der Waals surface area (Å²) in [5.74, 6) is -0.881. The molecule has 0 spiro atoms. The van der Waals surface area contributed by atoms with Crippen molar-refractivity contribution in [3.05, 3.63) is 35.1 Å². The van der Waals surface area contributed by atoms with Crippen LogP contribution in [0.25, 0.3) is 0 Å². The maximum atomic E-state index is 14.0. The minimum atomic E-state index is -0.805. The molecule has 9 nitrogen and oxygen atoms in total. The Balaban J connectivity index is 1.51. The Bertz CT molecular complexity index is 933. The molecule has 0 unspecified atom stereocenters. The monoisotopic (exact) mass is 465 g/mol. The van der Waals surface area contributed by atoms with Gasteiger partial charge in [0.05, 0.1) is 7.11 Å². The SMILES string of the molecule is COc1ccc(F)c(COc2nsc(NC(=O)NCCCCN3CCCC3)c2C(N)=O)c1. The van der Waals surface area contributed by atoms with E-state index in [0.717, 1.165) is 44.0 Å². The number of hydrogen-bond acceptors (Lipinski definition) is 7. The van der Waals surface area contributed by atoms with Crippen molar-refractivity contribution in [2.45, 2.75) is 32.3 Å². The number of halogens is 1. The Morgan fingerprint density at radius 2 is 2.06 bits per heavy atom. The first kappa shape index (κ1) is 23.7. The Labute approximate surface area is 190 Å². The number of benzene rings is 1. The van der Waals surface area contributed by atoms with Crippen molar-refractivity contribution in [2.75, 3.05) is 38.6 Å². The molecule has 1 fully saturated rings. The van der Waals surface area contributed by atoms with Crippen molar-refractivity contribution in [1.29, 1.82) is 0 Å². The number of unbranched alkanes of at least 4 members (excludes halogenated alkanes) is 1. The maximum Gasteiger partial charge on any atom is 0.319 e. The number of likely N-dealkylation sites (tertiary alicyclic amines) is 1. The minimum Gasteiger partial charge on any atom is -0.497 e. The number of hydrogen-bond donors (Lipinski definition) is 3. The number of carbonyl (C=O) groups excluding carboxylic acids is 2. The summed E-state index contributed by atoms with van der Waals surface area (Å²) in [6.07, 6.45) is 4.39. The number of anilines is 1. The highest BCUT2D eigenvalue weighted by atomic mass is 32.1. The van der Waals surface area contributed by atoms with E-state index in [9.17, 15) is 14.0 Å². The van der Waals surface area contributed by atoms with Crippen molar-refractivity contribution in [3.63, 3.8) is 0 Å². The molecular formula is C21H28FN5O4S. The van der Waals surface area contributed by atoms with Gasteiger partial charge in [0.15, 0.2) is 0 Å². The number of nitrogens with zero attached hydrogens (tertiary/aromatic N) is 2. The molecule has 2 aromatic rings. The Morgan fingerprint density at radius 3 is 2.78 bits per heavy atom. The van der Waals surface area contributed by atoms with Gasteiger partial charge in [0.25, 0.3) is 5.91 Å². The summed E-state index contributed by atoms with van der Waals surface area (Å²) in [5, 5.41) is 5.53. The first-order valence-corrected chi connectivity index (χ1v) is 11.3. The van der Waals surface area contributed by atoms with Gasteiger partial charge in [-0.05, 0) is 75.0 Å². The summed E-state index contributed by atoms with van der Waals surface area (Å²) in [6.45, 7) is 3.69. The zero-order chi connectivity index (χ0) is 22.9. The van der Waals surface area contributed by atoms with E-state index >= 15 is 0 Å². The van der Waals surface area contributed by atoms with Gasteiger partial charge in [-0.25, -0.2) is 9.18 Å². The van der Waals surface area contributed by atoms with Crippen molar-refractivity contribution in [3.8, 4) is 11.6 Å². The van der Waals surface area contributed by atoms with E-state index in [1.165, 1.54) is 38.2 Å². The fraction of sp³-hybridized carbons (Fsp3) is 0.476. The molecule has 174 valence electrons. The second-order valence-electron chi connectivity index (χ2n) is 7.44. The molecule has 11 heteroatoms. The fourth-order valence-electron chi connectivity index (χ4n) is 3.43. The number of methoxy groups -OCH3 is 1. The number of carbonyl (C=O) groups is 2. The number of urea groups is 1. The van der Waals surface area contributed by atoms with Crippen LogP contribution in [0, 0.1) is 5.82 Å². The summed E-state index contributed by atoms with van der Waals surface area (Å²) in [7, 11) is 1.47. The Hall–Kier alpha value is -2.92. The second-order valence-corrected chi connectivity index (χ2v) is 8.21. The lowest BCUT2D eigenvalue weighted by Crippen LogP contribution is -2.30. The molecule has 4 N–H and O–H groups in total. The van der Waals surface area contributed by atoms with E-state index in [-0.39, 0.29) is 28.6 Å². The zero-order valence-electron chi connectivity index (χ0n) is 18.0. The van der Waals surface area contributed by atoms with E-state index in [0.29, 0.717) is 12.3 Å². The summed E-state index contributed by atoms with van der Waals surface area (Å²) >= 11 is 0.867. The smallest absolute Gasteiger partial charge is 0.319 e. The van der Waals surface area contributed by atoms with Crippen molar-refractivity contribution < 1.29 is 23.5 Å². The van der Waals surface area contributed by atoms with Crippen molar-refractivity contribution >= 4 is 28.5 Å². The van der Waals surface area contributed by atoms with Crippen LogP contribution >= 0.6 is 11.5 Å².